The van der Waals surface area contributed by atoms with Crippen LogP contribution in [0.1, 0.15) is 5.89 Å². The molecule has 0 amide bonds. The first-order chi connectivity index (χ1) is 9.71. The van der Waals surface area contributed by atoms with Crippen molar-refractivity contribution < 1.29 is 13.9 Å². The Kier molecular flexibility index (Phi) is 3.48. The van der Waals surface area contributed by atoms with E-state index in [9.17, 15) is 0 Å². The van der Waals surface area contributed by atoms with E-state index in [1.165, 1.54) is 6.26 Å². The lowest BCUT2D eigenvalue weighted by molar-refractivity contribution is -0.161. The van der Waals surface area contributed by atoms with Crippen LogP contribution in [0.25, 0.3) is 0 Å². The molecule has 9 heteroatoms. The number of nitrogens with one attached hydrogen (secondary N) is 1. The number of rotatable bonds is 2. The van der Waals surface area contributed by atoms with Crippen LogP contribution in [0.4, 0.5) is 0 Å². The molecule has 8 nitrogen and oxygen atoms in total. The highest BCUT2D eigenvalue weighted by Crippen LogP contribution is 2.25. The molecule has 1 spiro atoms. The maximum Gasteiger partial charge on any atom is 0.215 e. The predicted octanol–water partition coefficient (Wildman–Crippen LogP) is 0.313. The van der Waals surface area contributed by atoms with Gasteiger partial charge in [0, 0.05) is 0 Å². The number of guanidine groups is 1. The van der Waals surface area contributed by atoms with Gasteiger partial charge >= 0.3 is 0 Å². The first kappa shape index (κ1) is 13.2. The van der Waals surface area contributed by atoms with Gasteiger partial charge in [0.25, 0.3) is 0 Å². The molecule has 1 aromatic rings. The molecule has 0 unspecified atom stereocenters. The van der Waals surface area contributed by atoms with Crippen molar-refractivity contribution in [2.24, 2.45) is 4.99 Å². The molecule has 0 atom stereocenters. The van der Waals surface area contributed by atoms with Gasteiger partial charge in [-0.05, 0) is 0 Å². The van der Waals surface area contributed by atoms with E-state index in [-0.39, 0.29) is 5.15 Å². The van der Waals surface area contributed by atoms with Crippen molar-refractivity contribution in [3.63, 3.8) is 0 Å². The second-order valence-electron chi connectivity index (χ2n) is 4.40. The van der Waals surface area contributed by atoms with Gasteiger partial charge in [0.05, 0.1) is 32.8 Å². The highest BCUT2D eigenvalue weighted by Gasteiger charge is 2.42. The average Bonchev–Trinajstić information content (AvgIpc) is 3.04. The number of aliphatic imine (C=N–C) groups is 1. The minimum absolute atomic E-state index is 0.284. The molecule has 20 heavy (non-hydrogen) atoms. The lowest BCUT2D eigenvalue weighted by atomic mass is 10.2. The quantitative estimate of drug-likeness (QED) is 0.620. The number of nitriles is 1. The average molecular weight is 298 g/mol. The molecule has 106 valence electrons. The molecule has 1 aromatic heterocycles. The Hall–Kier alpha value is -1.82. The van der Waals surface area contributed by atoms with E-state index in [1.807, 2.05) is 6.19 Å². The number of nitrogens with zero attached hydrogens (tertiary/aromatic N) is 4. The number of oxazole rings is 1. The Labute approximate surface area is 119 Å². The summed E-state index contributed by atoms with van der Waals surface area (Å²) in [6, 6.07) is 0. The van der Waals surface area contributed by atoms with E-state index in [0.29, 0.717) is 44.7 Å². The Morgan fingerprint density at radius 3 is 2.95 bits per heavy atom. The van der Waals surface area contributed by atoms with Crippen LogP contribution in [0, 0.1) is 11.5 Å². The van der Waals surface area contributed by atoms with Crippen LogP contribution >= 0.6 is 11.6 Å². The first-order valence-electron chi connectivity index (χ1n) is 6.03. The zero-order valence-corrected chi connectivity index (χ0v) is 11.3. The predicted molar refractivity (Wildman–Crippen MR) is 67.6 cm³/mol. The fourth-order valence-electron chi connectivity index (χ4n) is 2.21. The minimum Gasteiger partial charge on any atom is -0.445 e. The summed E-state index contributed by atoms with van der Waals surface area (Å²) in [5.74, 6) is 0.112. The summed E-state index contributed by atoms with van der Waals surface area (Å²) in [4.78, 5) is 10.1. The lowest BCUT2D eigenvalue weighted by Crippen LogP contribution is -2.55. The van der Waals surface area contributed by atoms with Crippen molar-refractivity contribution in [1.82, 2.24) is 15.2 Å². The summed E-state index contributed by atoms with van der Waals surface area (Å²) in [5, 5.41) is 11.6. The molecule has 3 rings (SSSR count). The second-order valence-corrected chi connectivity index (χ2v) is 4.79. The maximum atomic E-state index is 8.77. The van der Waals surface area contributed by atoms with Crippen molar-refractivity contribution in [3.8, 4) is 6.19 Å². The number of hydrogen-bond acceptors (Lipinski definition) is 8. The van der Waals surface area contributed by atoms with Crippen molar-refractivity contribution in [1.29, 1.82) is 5.26 Å². The van der Waals surface area contributed by atoms with Crippen LogP contribution < -0.4 is 5.32 Å². The number of hydrogen-bond donors (Lipinski definition) is 1. The normalized spacial score (nSPS) is 20.8. The van der Waals surface area contributed by atoms with Crippen LogP contribution in [0.3, 0.4) is 0 Å². The van der Waals surface area contributed by atoms with Crippen molar-refractivity contribution in [2.75, 3.05) is 26.3 Å². The van der Waals surface area contributed by atoms with Gasteiger partial charge in [-0.15, -0.1) is 0 Å². The first-order valence-corrected chi connectivity index (χ1v) is 6.41. The van der Waals surface area contributed by atoms with Crippen molar-refractivity contribution in [2.45, 2.75) is 12.3 Å². The van der Waals surface area contributed by atoms with E-state index < -0.39 is 5.79 Å². The zero-order valence-electron chi connectivity index (χ0n) is 10.5. The van der Waals surface area contributed by atoms with E-state index in [4.69, 9.17) is 30.8 Å². The Morgan fingerprint density at radius 1 is 1.50 bits per heavy atom. The van der Waals surface area contributed by atoms with E-state index in [2.05, 4.69) is 15.3 Å². The Bertz CT molecular complexity index is 561. The molecule has 1 N–H and O–H groups in total. The molecule has 3 heterocycles. The molecule has 0 aliphatic carbocycles. The molecule has 0 bridgehead atoms. The van der Waals surface area contributed by atoms with Crippen LogP contribution in [0.15, 0.2) is 15.7 Å². The smallest absolute Gasteiger partial charge is 0.215 e. The molecule has 2 aliphatic rings. The van der Waals surface area contributed by atoms with Crippen LogP contribution in [0.2, 0.25) is 5.15 Å². The molecular formula is C11H12ClN5O3. The third kappa shape index (κ3) is 2.56. The van der Waals surface area contributed by atoms with Gasteiger partial charge in [-0.25, -0.2) is 9.98 Å². The van der Waals surface area contributed by atoms with Crippen molar-refractivity contribution in [3.05, 3.63) is 17.3 Å². The summed E-state index contributed by atoms with van der Waals surface area (Å²) in [7, 11) is 0. The van der Waals surface area contributed by atoms with Gasteiger partial charge in [0.2, 0.25) is 17.6 Å². The highest BCUT2D eigenvalue weighted by atomic mass is 35.5. The summed E-state index contributed by atoms with van der Waals surface area (Å²) < 4.78 is 16.5. The third-order valence-corrected chi connectivity index (χ3v) is 3.21. The molecule has 2 aliphatic heterocycles. The van der Waals surface area contributed by atoms with E-state index in [0.717, 1.165) is 0 Å². The fraction of sp³-hybridized carbons (Fsp3) is 0.545. The van der Waals surface area contributed by atoms with Crippen LogP contribution in [-0.2, 0) is 16.0 Å². The number of aromatic nitrogens is 1. The summed E-state index contributed by atoms with van der Waals surface area (Å²) in [6.45, 7) is 2.17. The van der Waals surface area contributed by atoms with Gasteiger partial charge < -0.3 is 18.8 Å². The summed E-state index contributed by atoms with van der Waals surface area (Å²) >= 11 is 5.73. The van der Waals surface area contributed by atoms with Gasteiger partial charge in [0.1, 0.15) is 6.26 Å². The molecule has 1 fully saturated rings. The summed E-state index contributed by atoms with van der Waals surface area (Å²) in [6.07, 6.45) is 3.21. The number of ether oxygens (including phenoxy) is 2. The van der Waals surface area contributed by atoms with Gasteiger partial charge in [-0.3, -0.25) is 5.32 Å². The summed E-state index contributed by atoms with van der Waals surface area (Å²) in [5.41, 5.74) is 0. The largest absolute Gasteiger partial charge is 0.445 e. The van der Waals surface area contributed by atoms with Gasteiger partial charge in [-0.2, -0.15) is 5.26 Å². The molecule has 0 saturated carbocycles. The Balaban J connectivity index is 1.79. The van der Waals surface area contributed by atoms with E-state index in [1.54, 1.807) is 4.90 Å². The maximum absolute atomic E-state index is 8.77. The minimum atomic E-state index is -0.753. The topological polar surface area (TPSA) is 95.9 Å². The van der Waals surface area contributed by atoms with Crippen LogP contribution in [0.5, 0.6) is 0 Å². The van der Waals surface area contributed by atoms with Gasteiger partial charge in [0.15, 0.2) is 11.3 Å². The molecule has 0 aromatic carbocycles. The van der Waals surface area contributed by atoms with Crippen molar-refractivity contribution >= 4 is 17.6 Å². The molecule has 0 radical (unpaired) electrons. The third-order valence-electron chi connectivity index (χ3n) is 3.03. The SMILES string of the molecule is N#CNC1=NCC2(CN1Cc1nc(Cl)co1)OCCO2. The lowest BCUT2D eigenvalue weighted by Gasteiger charge is -2.37. The Morgan fingerprint density at radius 2 is 2.30 bits per heavy atom. The second kappa shape index (κ2) is 5.28. The van der Waals surface area contributed by atoms with E-state index >= 15 is 0 Å². The van der Waals surface area contributed by atoms with Gasteiger partial charge in [-0.1, -0.05) is 11.6 Å². The molecular weight excluding hydrogens is 286 g/mol. The fourth-order valence-corrected chi connectivity index (χ4v) is 2.35. The zero-order chi connectivity index (χ0) is 14.0. The molecule has 1 saturated heterocycles. The number of halogens is 1. The van der Waals surface area contributed by atoms with Crippen LogP contribution in [-0.4, -0.2) is 47.9 Å². The highest BCUT2D eigenvalue weighted by molar-refractivity contribution is 6.29. The standard InChI is InChI=1S/C11H12ClN5O3/c12-8-4-18-9(16-8)3-17-6-11(19-1-2-20-11)5-14-10(17)15-7-13/h4H,1-3,5-6H2,(H,14,15). The monoisotopic (exact) mass is 297 g/mol.